The van der Waals surface area contributed by atoms with Gasteiger partial charge in [0.2, 0.25) is 10.0 Å². The van der Waals surface area contributed by atoms with Crippen LogP contribution in [0.5, 0.6) is 0 Å². The van der Waals surface area contributed by atoms with Crippen LogP contribution in [0.25, 0.3) is 0 Å². The molecule has 0 amide bonds. The molecule has 1 saturated heterocycles. The lowest BCUT2D eigenvalue weighted by Crippen LogP contribution is -2.35. The summed E-state index contributed by atoms with van der Waals surface area (Å²) < 4.78 is 31.8. The van der Waals surface area contributed by atoms with E-state index < -0.39 is 28.4 Å². The standard InChI is InChI=1S/C20H19Cl2NO5S/c21-17-9-6-15(12-18(17)22)19(24)13-28-20(25)14-4-7-16(8-5-14)29(26,27)23-10-2-1-3-11-23/h4-9,12H,1-3,10-11,13H2. The Kier molecular flexibility index (Phi) is 6.95. The van der Waals surface area contributed by atoms with E-state index in [1.54, 1.807) is 0 Å². The summed E-state index contributed by atoms with van der Waals surface area (Å²) in [6.45, 7) is 0.538. The van der Waals surface area contributed by atoms with E-state index in [1.807, 2.05) is 0 Å². The Bertz CT molecular complexity index is 1020. The minimum Gasteiger partial charge on any atom is -0.454 e. The molecular formula is C20H19Cl2NO5S. The molecule has 29 heavy (non-hydrogen) atoms. The zero-order valence-corrected chi connectivity index (χ0v) is 17.8. The summed E-state index contributed by atoms with van der Waals surface area (Å²) in [5.74, 6) is -1.15. The lowest BCUT2D eigenvalue weighted by atomic mass is 10.1. The first-order valence-electron chi connectivity index (χ1n) is 9.04. The summed E-state index contributed by atoms with van der Waals surface area (Å²) >= 11 is 11.7. The lowest BCUT2D eigenvalue weighted by Gasteiger charge is -2.25. The maximum Gasteiger partial charge on any atom is 0.338 e. The highest BCUT2D eigenvalue weighted by atomic mass is 35.5. The second-order valence-corrected chi connectivity index (χ2v) is 9.37. The average molecular weight is 456 g/mol. The Balaban J connectivity index is 1.62. The first kappa shape index (κ1) is 21.8. The number of benzene rings is 2. The van der Waals surface area contributed by atoms with Crippen molar-refractivity contribution in [2.75, 3.05) is 19.7 Å². The molecule has 6 nitrogen and oxygen atoms in total. The summed E-state index contributed by atoms with van der Waals surface area (Å²) in [5, 5.41) is 0.550. The molecule has 0 bridgehead atoms. The van der Waals surface area contributed by atoms with Crippen LogP contribution in [0.4, 0.5) is 0 Å². The van der Waals surface area contributed by atoms with Crippen molar-refractivity contribution in [3.63, 3.8) is 0 Å². The van der Waals surface area contributed by atoms with Crippen molar-refractivity contribution in [1.29, 1.82) is 0 Å². The van der Waals surface area contributed by atoms with Crippen LogP contribution in [-0.2, 0) is 14.8 Å². The molecular weight excluding hydrogens is 437 g/mol. The molecule has 0 saturated carbocycles. The van der Waals surface area contributed by atoms with E-state index in [0.717, 1.165) is 19.3 Å². The molecule has 2 aromatic carbocycles. The summed E-state index contributed by atoms with van der Waals surface area (Å²) in [6.07, 6.45) is 2.71. The highest BCUT2D eigenvalue weighted by Gasteiger charge is 2.26. The fourth-order valence-electron chi connectivity index (χ4n) is 2.98. The second kappa shape index (κ2) is 9.26. The largest absolute Gasteiger partial charge is 0.454 e. The molecule has 154 valence electrons. The van der Waals surface area contributed by atoms with Gasteiger partial charge in [-0.2, -0.15) is 4.31 Å². The van der Waals surface area contributed by atoms with Gasteiger partial charge in [-0.1, -0.05) is 29.6 Å². The number of halogens is 2. The van der Waals surface area contributed by atoms with E-state index in [-0.39, 0.29) is 21.0 Å². The number of piperidine rings is 1. The first-order valence-corrected chi connectivity index (χ1v) is 11.2. The number of esters is 1. The molecule has 1 aliphatic rings. The van der Waals surface area contributed by atoms with Crippen LogP contribution in [0, 0.1) is 0 Å². The summed E-state index contributed by atoms with van der Waals surface area (Å²) in [4.78, 5) is 24.5. The molecule has 1 aliphatic heterocycles. The normalized spacial score (nSPS) is 15.1. The van der Waals surface area contributed by atoms with Gasteiger partial charge in [0.15, 0.2) is 12.4 Å². The number of carbonyl (C=O) groups is 2. The molecule has 9 heteroatoms. The topological polar surface area (TPSA) is 80.8 Å². The van der Waals surface area contributed by atoms with Gasteiger partial charge >= 0.3 is 5.97 Å². The molecule has 0 spiro atoms. The number of nitrogens with zero attached hydrogens (tertiary/aromatic N) is 1. The highest BCUT2D eigenvalue weighted by molar-refractivity contribution is 7.89. The van der Waals surface area contributed by atoms with E-state index in [0.29, 0.717) is 18.1 Å². The van der Waals surface area contributed by atoms with Crippen molar-refractivity contribution < 1.29 is 22.7 Å². The third kappa shape index (κ3) is 5.17. The van der Waals surface area contributed by atoms with Crippen LogP contribution < -0.4 is 0 Å². The highest BCUT2D eigenvalue weighted by Crippen LogP contribution is 2.23. The SMILES string of the molecule is O=C(COC(=O)c1ccc(S(=O)(=O)N2CCCCC2)cc1)c1ccc(Cl)c(Cl)c1. The Morgan fingerprint density at radius 3 is 2.14 bits per heavy atom. The number of hydrogen-bond acceptors (Lipinski definition) is 5. The molecule has 0 N–H and O–H groups in total. The van der Waals surface area contributed by atoms with E-state index >= 15 is 0 Å². The number of Topliss-reactive ketones (excluding diaryl/α,β-unsaturated/α-hetero) is 1. The van der Waals surface area contributed by atoms with Gasteiger partial charge in [0.05, 0.1) is 20.5 Å². The van der Waals surface area contributed by atoms with Crippen LogP contribution in [0.2, 0.25) is 10.0 Å². The van der Waals surface area contributed by atoms with Gasteiger partial charge < -0.3 is 4.74 Å². The van der Waals surface area contributed by atoms with Gasteiger partial charge in [0.1, 0.15) is 0 Å². The maximum absolute atomic E-state index is 12.6. The van der Waals surface area contributed by atoms with E-state index in [4.69, 9.17) is 27.9 Å². The number of carbonyl (C=O) groups excluding carboxylic acids is 2. The second-order valence-electron chi connectivity index (χ2n) is 6.62. The lowest BCUT2D eigenvalue weighted by molar-refractivity contribution is 0.0474. The van der Waals surface area contributed by atoms with E-state index in [2.05, 4.69) is 0 Å². The first-order chi connectivity index (χ1) is 13.8. The van der Waals surface area contributed by atoms with Crippen LogP contribution in [0.1, 0.15) is 40.0 Å². The zero-order valence-electron chi connectivity index (χ0n) is 15.4. The third-order valence-electron chi connectivity index (χ3n) is 4.62. The molecule has 1 heterocycles. The monoisotopic (exact) mass is 455 g/mol. The van der Waals surface area contributed by atoms with Gasteiger partial charge in [0.25, 0.3) is 0 Å². The molecule has 0 unspecified atom stereocenters. The Labute approximate surface area is 179 Å². The molecule has 0 aliphatic carbocycles. The zero-order chi connectivity index (χ0) is 21.0. The van der Waals surface area contributed by atoms with Crippen molar-refractivity contribution in [2.45, 2.75) is 24.2 Å². The van der Waals surface area contributed by atoms with Gasteiger partial charge in [-0.05, 0) is 55.3 Å². The van der Waals surface area contributed by atoms with Crippen molar-refractivity contribution in [3.05, 3.63) is 63.6 Å². The number of ketones is 1. The predicted octanol–water partition coefficient (Wildman–Crippen LogP) is 4.21. The van der Waals surface area contributed by atoms with Crippen molar-refractivity contribution in [3.8, 4) is 0 Å². The maximum atomic E-state index is 12.6. The number of rotatable bonds is 6. The van der Waals surface area contributed by atoms with Crippen LogP contribution in [-0.4, -0.2) is 44.2 Å². The predicted molar refractivity (Wildman–Crippen MR) is 110 cm³/mol. The molecule has 0 atom stereocenters. The molecule has 2 aromatic rings. The molecule has 1 fully saturated rings. The van der Waals surface area contributed by atoms with E-state index in [1.165, 1.54) is 46.8 Å². The number of sulfonamides is 1. The van der Waals surface area contributed by atoms with Crippen molar-refractivity contribution >= 4 is 45.0 Å². The quantitative estimate of drug-likeness (QED) is 0.481. The van der Waals surface area contributed by atoms with Crippen molar-refractivity contribution in [1.82, 2.24) is 4.31 Å². The average Bonchev–Trinajstić information content (AvgIpc) is 2.74. The van der Waals surface area contributed by atoms with Gasteiger partial charge in [-0.15, -0.1) is 0 Å². The number of ether oxygens (including phenoxy) is 1. The van der Waals surface area contributed by atoms with Gasteiger partial charge in [-0.3, -0.25) is 4.79 Å². The minimum atomic E-state index is -3.57. The van der Waals surface area contributed by atoms with Crippen molar-refractivity contribution in [2.24, 2.45) is 0 Å². The summed E-state index contributed by atoms with van der Waals surface area (Å²) in [6, 6.07) is 9.89. The minimum absolute atomic E-state index is 0.128. The molecule has 0 aromatic heterocycles. The number of hydrogen-bond donors (Lipinski definition) is 0. The fraction of sp³-hybridized carbons (Fsp3) is 0.300. The Morgan fingerprint density at radius 1 is 0.897 bits per heavy atom. The third-order valence-corrected chi connectivity index (χ3v) is 7.27. The van der Waals surface area contributed by atoms with E-state index in [9.17, 15) is 18.0 Å². The van der Waals surface area contributed by atoms with Crippen LogP contribution >= 0.6 is 23.2 Å². The van der Waals surface area contributed by atoms with Gasteiger partial charge in [-0.25, -0.2) is 13.2 Å². The van der Waals surface area contributed by atoms with Gasteiger partial charge in [0, 0.05) is 18.7 Å². The Morgan fingerprint density at radius 2 is 1.52 bits per heavy atom. The van der Waals surface area contributed by atoms with Crippen LogP contribution in [0.3, 0.4) is 0 Å². The summed E-state index contributed by atoms with van der Waals surface area (Å²) in [5.41, 5.74) is 0.430. The fourth-order valence-corrected chi connectivity index (χ4v) is 4.80. The molecule has 0 radical (unpaired) electrons. The smallest absolute Gasteiger partial charge is 0.338 e. The molecule has 3 rings (SSSR count). The van der Waals surface area contributed by atoms with Crippen LogP contribution in [0.15, 0.2) is 47.4 Å². The Hall–Kier alpha value is -1.93. The summed E-state index contributed by atoms with van der Waals surface area (Å²) in [7, 11) is -3.57.